The molecule has 0 fully saturated rings. The zero-order valence-electron chi connectivity index (χ0n) is 6.88. The van der Waals surface area contributed by atoms with Gasteiger partial charge in [-0.15, -0.1) is 0 Å². The van der Waals surface area contributed by atoms with Crippen molar-refractivity contribution in [2.75, 3.05) is 0 Å². The number of rotatable bonds is 2. The maximum absolute atomic E-state index is 10.0. The molecule has 0 aromatic rings. The van der Waals surface area contributed by atoms with Crippen molar-refractivity contribution < 1.29 is 24.6 Å². The topological polar surface area (TPSA) is 124 Å². The summed E-state index contributed by atoms with van der Waals surface area (Å²) in [5.41, 5.74) is 5.16. The van der Waals surface area contributed by atoms with E-state index in [2.05, 4.69) is 0 Å². The fraction of sp³-hybridized carbons (Fsp3) is 0.800. The van der Waals surface area contributed by atoms with E-state index in [1.165, 1.54) is 0 Å². The van der Waals surface area contributed by atoms with E-state index < -0.39 is 20.6 Å². The third-order valence-electron chi connectivity index (χ3n) is 1.00. The van der Waals surface area contributed by atoms with Crippen LogP contribution in [0.25, 0.3) is 0 Å². The molecule has 0 radical (unpaired) electrons. The van der Waals surface area contributed by atoms with Crippen LogP contribution in [0.15, 0.2) is 0 Å². The van der Waals surface area contributed by atoms with Crippen molar-refractivity contribution >= 4 is 14.6 Å². The minimum atomic E-state index is -2.62. The maximum atomic E-state index is 10.0. The average molecular weight is 199 g/mol. The molecule has 0 aromatic carbocycles. The number of carbonyl (C=O) groups is 1. The van der Waals surface area contributed by atoms with E-state index in [1.807, 2.05) is 0 Å². The summed E-state index contributed by atoms with van der Waals surface area (Å²) >= 11 is 0. The molecule has 0 rings (SSSR count). The minimum Gasteiger partial charge on any atom is -0.480 e. The fourth-order valence-corrected chi connectivity index (χ4v) is 0.285. The Kier molecular flexibility index (Phi) is 8.79. The minimum absolute atomic E-state index is 0.0208. The number of hydrogen-bond acceptors (Lipinski definition) is 5. The van der Waals surface area contributed by atoms with E-state index in [-0.39, 0.29) is 5.92 Å². The lowest BCUT2D eigenvalue weighted by Crippen LogP contribution is -2.34. The van der Waals surface area contributed by atoms with Gasteiger partial charge in [0.05, 0.1) is 0 Å². The molecule has 1 atom stereocenters. The third-order valence-corrected chi connectivity index (χ3v) is 1.00. The van der Waals surface area contributed by atoms with Crippen molar-refractivity contribution in [1.82, 2.24) is 0 Å². The van der Waals surface area contributed by atoms with Crippen molar-refractivity contribution in [3.8, 4) is 0 Å². The number of carboxylic acid groups (broad SMARTS) is 1. The Balaban J connectivity index is 0. The summed E-state index contributed by atoms with van der Waals surface area (Å²) < 4.78 is 0. The van der Waals surface area contributed by atoms with Gasteiger partial charge in [0.1, 0.15) is 6.04 Å². The molecule has 0 spiro atoms. The highest BCUT2D eigenvalue weighted by molar-refractivity contribution is 7.38. The van der Waals surface area contributed by atoms with Gasteiger partial charge in [-0.05, 0) is 5.92 Å². The van der Waals surface area contributed by atoms with Gasteiger partial charge in [-0.2, -0.15) is 0 Å². The standard InChI is InChI=1S/C5H11NO2.H3O3P/c1-3(2)4(6)5(7)8;1-4(2)3/h3-4H,6H2,1-2H3,(H,7,8);1-3H/t4-;/m0./s1. The van der Waals surface area contributed by atoms with Gasteiger partial charge in [0, 0.05) is 0 Å². The summed E-state index contributed by atoms with van der Waals surface area (Å²) in [7, 11) is -2.62. The van der Waals surface area contributed by atoms with Gasteiger partial charge >= 0.3 is 14.6 Å². The zero-order valence-corrected chi connectivity index (χ0v) is 7.77. The average Bonchev–Trinajstić information content (AvgIpc) is 1.84. The van der Waals surface area contributed by atoms with Crippen molar-refractivity contribution in [2.24, 2.45) is 11.7 Å². The Labute approximate surface area is 71.6 Å². The number of hydrogen-bond donors (Lipinski definition) is 5. The quantitative estimate of drug-likeness (QED) is 0.372. The van der Waals surface area contributed by atoms with Crippen molar-refractivity contribution in [1.29, 1.82) is 0 Å². The van der Waals surface area contributed by atoms with Crippen LogP contribution in [-0.2, 0) is 4.79 Å². The summed E-state index contributed by atoms with van der Waals surface area (Å²) in [6.45, 7) is 3.55. The first-order valence-electron chi connectivity index (χ1n) is 3.14. The van der Waals surface area contributed by atoms with E-state index in [9.17, 15) is 4.79 Å². The predicted molar refractivity (Wildman–Crippen MR) is 44.0 cm³/mol. The van der Waals surface area contributed by atoms with Crippen LogP contribution in [0.1, 0.15) is 13.8 Å². The first-order valence-corrected chi connectivity index (χ1v) is 4.34. The summed E-state index contributed by atoms with van der Waals surface area (Å²) in [5.74, 6) is -0.910. The van der Waals surface area contributed by atoms with Gasteiger partial charge in [-0.25, -0.2) is 0 Å². The normalized spacial score (nSPS) is 12.3. The lowest BCUT2D eigenvalue weighted by molar-refractivity contribution is -0.139. The van der Waals surface area contributed by atoms with Crippen LogP contribution in [0.4, 0.5) is 0 Å². The Morgan fingerprint density at radius 1 is 1.33 bits per heavy atom. The van der Waals surface area contributed by atoms with E-state index in [0.29, 0.717) is 0 Å². The number of aliphatic carboxylic acids is 1. The van der Waals surface area contributed by atoms with Crippen LogP contribution in [0.3, 0.4) is 0 Å². The van der Waals surface area contributed by atoms with Crippen molar-refractivity contribution in [2.45, 2.75) is 19.9 Å². The van der Waals surface area contributed by atoms with Gasteiger partial charge in [-0.1, -0.05) is 13.8 Å². The highest BCUT2D eigenvalue weighted by Crippen LogP contribution is 2.11. The van der Waals surface area contributed by atoms with Gasteiger partial charge in [-0.3, -0.25) is 4.79 Å². The van der Waals surface area contributed by atoms with Crippen LogP contribution in [-0.4, -0.2) is 31.8 Å². The SMILES string of the molecule is CC(C)[C@H](N)C(=O)O.OP(O)O. The molecule has 12 heavy (non-hydrogen) atoms. The molecule has 7 heteroatoms. The van der Waals surface area contributed by atoms with Gasteiger partial charge in [0.25, 0.3) is 0 Å². The lowest BCUT2D eigenvalue weighted by atomic mass is 10.1. The lowest BCUT2D eigenvalue weighted by Gasteiger charge is -2.07. The second-order valence-corrected chi connectivity index (χ2v) is 2.91. The molecular formula is C5H14NO5P. The van der Waals surface area contributed by atoms with E-state index in [0.717, 1.165) is 0 Å². The second-order valence-electron chi connectivity index (χ2n) is 2.38. The molecule has 0 bridgehead atoms. The highest BCUT2D eigenvalue weighted by Gasteiger charge is 2.14. The van der Waals surface area contributed by atoms with Crippen LogP contribution in [0.2, 0.25) is 0 Å². The number of nitrogens with two attached hydrogens (primary N) is 1. The molecule has 74 valence electrons. The number of carboxylic acids is 1. The molecular weight excluding hydrogens is 185 g/mol. The summed E-state index contributed by atoms with van der Waals surface area (Å²) in [6.07, 6.45) is 0. The Hall–Kier alpha value is -0.260. The van der Waals surface area contributed by atoms with Crippen LogP contribution >= 0.6 is 8.60 Å². The third kappa shape index (κ3) is 12.4. The van der Waals surface area contributed by atoms with Gasteiger partial charge < -0.3 is 25.5 Å². The Bertz CT molecular complexity index is 126. The molecule has 0 aliphatic heterocycles. The molecule has 0 aromatic heterocycles. The largest absolute Gasteiger partial charge is 0.480 e. The summed E-state index contributed by atoms with van der Waals surface area (Å²) in [4.78, 5) is 31.7. The van der Waals surface area contributed by atoms with Crippen LogP contribution in [0, 0.1) is 5.92 Å². The molecule has 6 nitrogen and oxygen atoms in total. The molecule has 0 aliphatic carbocycles. The van der Waals surface area contributed by atoms with Crippen LogP contribution in [0.5, 0.6) is 0 Å². The molecule has 0 heterocycles. The van der Waals surface area contributed by atoms with E-state index in [1.54, 1.807) is 13.8 Å². The zero-order chi connectivity index (χ0) is 10.3. The predicted octanol–water partition coefficient (Wildman–Crippen LogP) is -0.755. The molecule has 0 saturated carbocycles. The molecule has 0 aliphatic rings. The molecule has 0 amide bonds. The second kappa shape index (κ2) is 7.39. The van der Waals surface area contributed by atoms with Crippen molar-refractivity contribution in [3.63, 3.8) is 0 Å². The van der Waals surface area contributed by atoms with Crippen LogP contribution < -0.4 is 5.73 Å². The molecule has 0 saturated heterocycles. The first-order chi connectivity index (χ1) is 5.29. The van der Waals surface area contributed by atoms with Gasteiger partial charge in [0.15, 0.2) is 0 Å². The Morgan fingerprint density at radius 3 is 1.58 bits per heavy atom. The first kappa shape index (κ1) is 14.3. The van der Waals surface area contributed by atoms with E-state index in [4.69, 9.17) is 25.5 Å². The maximum Gasteiger partial charge on any atom is 0.324 e. The smallest absolute Gasteiger partial charge is 0.324 e. The molecule has 6 N–H and O–H groups in total. The fourth-order valence-electron chi connectivity index (χ4n) is 0.285. The Morgan fingerprint density at radius 2 is 1.58 bits per heavy atom. The van der Waals surface area contributed by atoms with Gasteiger partial charge in [0.2, 0.25) is 0 Å². The monoisotopic (exact) mass is 199 g/mol. The van der Waals surface area contributed by atoms with Crippen molar-refractivity contribution in [3.05, 3.63) is 0 Å². The summed E-state index contributed by atoms with van der Waals surface area (Å²) in [6, 6.07) is -0.713. The van der Waals surface area contributed by atoms with E-state index >= 15 is 0 Å². The highest BCUT2D eigenvalue weighted by atomic mass is 31.2. The summed E-state index contributed by atoms with van der Waals surface area (Å²) in [5, 5.41) is 8.23. The molecule has 0 unspecified atom stereocenters.